The van der Waals surface area contributed by atoms with E-state index >= 15 is 0 Å². The number of carbonyl (C=O) groups is 1. The summed E-state index contributed by atoms with van der Waals surface area (Å²) >= 11 is 0. The second kappa shape index (κ2) is 5.66. The molecule has 0 unspecified atom stereocenters. The molecule has 4 aliphatic carbocycles. The minimum Gasteiger partial charge on any atom is -0.401 e. The molecule has 0 aromatic carbocycles. The van der Waals surface area contributed by atoms with E-state index < -0.39 is 0 Å². The molecule has 7 heteroatoms. The summed E-state index contributed by atoms with van der Waals surface area (Å²) in [5.41, 5.74) is 0.407. The number of anilines is 1. The Morgan fingerprint density at radius 2 is 1.85 bits per heavy atom. The van der Waals surface area contributed by atoms with Crippen LogP contribution in [-0.4, -0.2) is 25.9 Å². The minimum absolute atomic E-state index is 0.0690. The van der Waals surface area contributed by atoms with Gasteiger partial charge in [-0.2, -0.15) is 5.10 Å². The monoisotopic (exact) mass is 355 g/mol. The van der Waals surface area contributed by atoms with Crippen LogP contribution in [0.4, 0.5) is 6.01 Å². The van der Waals surface area contributed by atoms with Gasteiger partial charge in [-0.3, -0.25) is 14.8 Å². The maximum atomic E-state index is 13.0. The number of hydrogen-bond donors (Lipinski definition) is 1. The van der Waals surface area contributed by atoms with E-state index in [0.717, 1.165) is 37.0 Å². The van der Waals surface area contributed by atoms with Gasteiger partial charge < -0.3 is 4.42 Å². The lowest BCUT2D eigenvalue weighted by atomic mass is 9.49. The molecule has 1 N–H and O–H groups in total. The van der Waals surface area contributed by atoms with Crippen molar-refractivity contribution in [2.75, 3.05) is 5.32 Å². The number of hydrogen-bond acceptors (Lipinski definition) is 5. The van der Waals surface area contributed by atoms with Gasteiger partial charge >= 0.3 is 6.01 Å². The summed E-state index contributed by atoms with van der Waals surface area (Å²) in [5, 5.41) is 15.4. The molecule has 0 spiro atoms. The van der Waals surface area contributed by atoms with Gasteiger partial charge in [-0.05, 0) is 76.2 Å². The lowest BCUT2D eigenvalue weighted by Gasteiger charge is -2.55. The Morgan fingerprint density at radius 1 is 1.19 bits per heavy atom. The molecule has 7 nitrogen and oxygen atoms in total. The second-order valence-corrected chi connectivity index (χ2v) is 8.84. The van der Waals surface area contributed by atoms with Crippen LogP contribution in [0.1, 0.15) is 58.4 Å². The number of aromatic nitrogens is 4. The molecule has 2 aromatic heterocycles. The van der Waals surface area contributed by atoms with Gasteiger partial charge in [0.25, 0.3) is 5.89 Å². The van der Waals surface area contributed by atoms with Gasteiger partial charge in [0.15, 0.2) is 0 Å². The van der Waals surface area contributed by atoms with Crippen LogP contribution in [0.5, 0.6) is 0 Å². The lowest BCUT2D eigenvalue weighted by molar-refractivity contribution is -0.140. The smallest absolute Gasteiger partial charge is 0.322 e. The third-order valence-electron chi connectivity index (χ3n) is 6.52. The summed E-state index contributed by atoms with van der Waals surface area (Å²) in [4.78, 5) is 13.0. The van der Waals surface area contributed by atoms with Crippen molar-refractivity contribution in [2.45, 2.75) is 58.4 Å². The molecule has 0 radical (unpaired) electrons. The van der Waals surface area contributed by atoms with Crippen LogP contribution >= 0.6 is 0 Å². The summed E-state index contributed by atoms with van der Waals surface area (Å²) in [7, 11) is 0. The van der Waals surface area contributed by atoms with Crippen molar-refractivity contribution in [3.05, 3.63) is 12.3 Å². The fraction of sp³-hybridized carbons (Fsp3) is 0.684. The number of rotatable bonds is 4. The number of amides is 1. The highest BCUT2D eigenvalue weighted by atomic mass is 16.4. The molecule has 4 fully saturated rings. The van der Waals surface area contributed by atoms with Crippen LogP contribution in [-0.2, 0) is 4.79 Å². The Kier molecular flexibility index (Phi) is 3.49. The van der Waals surface area contributed by atoms with E-state index in [1.54, 1.807) is 0 Å². The van der Waals surface area contributed by atoms with Crippen molar-refractivity contribution >= 4 is 11.9 Å². The van der Waals surface area contributed by atoms with Crippen LogP contribution in [0, 0.1) is 23.2 Å². The van der Waals surface area contributed by atoms with E-state index in [1.807, 2.05) is 16.9 Å². The zero-order chi connectivity index (χ0) is 17.9. The van der Waals surface area contributed by atoms with Gasteiger partial charge in [0.2, 0.25) is 5.91 Å². The average molecular weight is 355 g/mol. The average Bonchev–Trinajstić information content (AvgIpc) is 3.22. The fourth-order valence-corrected chi connectivity index (χ4v) is 5.74. The zero-order valence-corrected chi connectivity index (χ0v) is 15.3. The molecule has 2 aromatic rings. The molecule has 138 valence electrons. The highest BCUT2D eigenvalue weighted by molar-refractivity contribution is 5.94. The first-order chi connectivity index (χ1) is 12.5. The highest BCUT2D eigenvalue weighted by Crippen LogP contribution is 2.60. The van der Waals surface area contributed by atoms with Crippen molar-refractivity contribution in [1.82, 2.24) is 20.0 Å². The summed E-state index contributed by atoms with van der Waals surface area (Å²) in [6.45, 7) is 4.11. The first-order valence-electron chi connectivity index (χ1n) is 9.71. The molecule has 0 saturated heterocycles. The Morgan fingerprint density at radius 3 is 2.42 bits per heavy atom. The van der Waals surface area contributed by atoms with Gasteiger partial charge in [-0.15, -0.1) is 5.10 Å². The largest absolute Gasteiger partial charge is 0.401 e. The molecule has 6 rings (SSSR count). The van der Waals surface area contributed by atoms with Crippen molar-refractivity contribution in [3.63, 3.8) is 0 Å². The van der Waals surface area contributed by atoms with E-state index in [-0.39, 0.29) is 23.4 Å². The van der Waals surface area contributed by atoms with Crippen molar-refractivity contribution in [1.29, 1.82) is 0 Å². The molecule has 0 aliphatic heterocycles. The predicted molar refractivity (Wildman–Crippen MR) is 95.1 cm³/mol. The molecule has 26 heavy (non-hydrogen) atoms. The fourth-order valence-electron chi connectivity index (χ4n) is 5.74. The third-order valence-corrected chi connectivity index (χ3v) is 6.52. The van der Waals surface area contributed by atoms with Crippen LogP contribution in [0.25, 0.3) is 11.6 Å². The van der Waals surface area contributed by atoms with Gasteiger partial charge in [-0.1, -0.05) is 5.10 Å². The van der Waals surface area contributed by atoms with Crippen molar-refractivity contribution in [2.24, 2.45) is 23.2 Å². The number of nitrogens with zero attached hydrogens (tertiary/aromatic N) is 4. The highest BCUT2D eigenvalue weighted by Gasteiger charge is 2.54. The first-order valence-corrected chi connectivity index (χ1v) is 9.71. The summed E-state index contributed by atoms with van der Waals surface area (Å²) < 4.78 is 7.51. The minimum atomic E-state index is -0.220. The van der Waals surface area contributed by atoms with Crippen LogP contribution in [0.3, 0.4) is 0 Å². The Labute approximate surface area is 152 Å². The number of carbonyl (C=O) groups excluding carboxylic acids is 1. The van der Waals surface area contributed by atoms with E-state index in [9.17, 15) is 4.79 Å². The van der Waals surface area contributed by atoms with E-state index in [2.05, 4.69) is 34.5 Å². The molecular formula is C19H25N5O2. The number of nitrogens with one attached hydrogen (secondary N) is 1. The molecule has 0 atom stereocenters. The van der Waals surface area contributed by atoms with Gasteiger partial charge in [0, 0.05) is 12.2 Å². The molecule has 1 amide bonds. The molecular weight excluding hydrogens is 330 g/mol. The van der Waals surface area contributed by atoms with Crippen molar-refractivity contribution < 1.29 is 9.21 Å². The predicted octanol–water partition coefficient (Wildman–Crippen LogP) is 3.67. The van der Waals surface area contributed by atoms with Crippen molar-refractivity contribution in [3.8, 4) is 11.6 Å². The topological polar surface area (TPSA) is 85.8 Å². The Hall–Kier alpha value is -2.18. The maximum absolute atomic E-state index is 13.0. The van der Waals surface area contributed by atoms with E-state index in [0.29, 0.717) is 11.6 Å². The van der Waals surface area contributed by atoms with Gasteiger partial charge in [0.1, 0.15) is 5.69 Å². The van der Waals surface area contributed by atoms with E-state index in [4.69, 9.17) is 4.42 Å². The molecule has 4 bridgehead atoms. The molecule has 4 aliphatic rings. The normalized spacial score (nSPS) is 32.3. The Bertz CT molecular complexity index is 801. The van der Waals surface area contributed by atoms with Gasteiger partial charge in [0.05, 0.1) is 5.41 Å². The molecule has 2 heterocycles. The lowest BCUT2D eigenvalue weighted by Crippen LogP contribution is -2.51. The first kappa shape index (κ1) is 16.0. The zero-order valence-electron chi connectivity index (χ0n) is 15.3. The molecule has 4 saturated carbocycles. The maximum Gasteiger partial charge on any atom is 0.322 e. The summed E-state index contributed by atoms with van der Waals surface area (Å²) in [5.74, 6) is 2.59. The third kappa shape index (κ3) is 2.56. The van der Waals surface area contributed by atoms with E-state index in [1.165, 1.54) is 19.3 Å². The standard InChI is InChI=1S/C19H25N5O2/c1-11(2)24-4-3-15(23-24)16-21-22-18(26-16)20-17(25)19-8-12-5-13(9-19)7-14(6-12)10-19/h3-4,11-14H,5-10H2,1-2H3,(H,20,22,25). The second-order valence-electron chi connectivity index (χ2n) is 8.84. The van der Waals surface area contributed by atoms with Crippen LogP contribution in [0.15, 0.2) is 16.7 Å². The summed E-state index contributed by atoms with van der Waals surface area (Å²) in [6.07, 6.45) is 8.89. The SMILES string of the molecule is CC(C)n1ccc(-c2nnc(NC(=O)C34CC5CC(CC(C5)C3)C4)o2)n1. The summed E-state index contributed by atoms with van der Waals surface area (Å²) in [6, 6.07) is 2.29. The quantitative estimate of drug-likeness (QED) is 0.904. The Balaban J connectivity index is 1.32. The van der Waals surface area contributed by atoms with Gasteiger partial charge in [-0.25, -0.2) is 0 Å². The van der Waals surface area contributed by atoms with Crippen LogP contribution in [0.2, 0.25) is 0 Å². The van der Waals surface area contributed by atoms with Crippen LogP contribution < -0.4 is 5.32 Å².